The summed E-state index contributed by atoms with van der Waals surface area (Å²) in [4.78, 5) is 3.66. The SMILES string of the molecule is [C-]#[N+]c1cccc2oc3cc(C)c(-c4cc(C)cc[n+]4C)cc3c12. The van der Waals surface area contributed by atoms with Crippen molar-refractivity contribution < 1.29 is 8.98 Å². The summed E-state index contributed by atoms with van der Waals surface area (Å²) < 4.78 is 8.09. The molecule has 0 aliphatic heterocycles. The van der Waals surface area contributed by atoms with Gasteiger partial charge < -0.3 is 4.42 Å². The van der Waals surface area contributed by atoms with Gasteiger partial charge in [0.2, 0.25) is 5.69 Å². The van der Waals surface area contributed by atoms with E-state index in [1.807, 2.05) is 18.2 Å². The Balaban J connectivity index is 2.11. The van der Waals surface area contributed by atoms with Crippen LogP contribution in [-0.2, 0) is 7.05 Å². The molecule has 0 amide bonds. The summed E-state index contributed by atoms with van der Waals surface area (Å²) in [6.45, 7) is 11.6. The summed E-state index contributed by atoms with van der Waals surface area (Å²) >= 11 is 0. The Labute approximate surface area is 140 Å². The number of aromatic nitrogens is 1. The quantitative estimate of drug-likeness (QED) is 0.347. The molecular weight excluding hydrogens is 296 g/mol. The molecule has 0 bridgehead atoms. The Bertz CT molecular complexity index is 1150. The van der Waals surface area contributed by atoms with E-state index in [4.69, 9.17) is 11.0 Å². The van der Waals surface area contributed by atoms with Crippen LogP contribution in [0.5, 0.6) is 0 Å². The summed E-state index contributed by atoms with van der Waals surface area (Å²) in [5.74, 6) is 0. The molecule has 24 heavy (non-hydrogen) atoms. The van der Waals surface area contributed by atoms with Gasteiger partial charge >= 0.3 is 0 Å². The van der Waals surface area contributed by atoms with Crippen molar-refractivity contribution in [2.45, 2.75) is 13.8 Å². The van der Waals surface area contributed by atoms with Gasteiger partial charge in [-0.05, 0) is 43.2 Å². The first-order valence-electron chi connectivity index (χ1n) is 7.88. The van der Waals surface area contributed by atoms with Crippen molar-refractivity contribution in [1.82, 2.24) is 0 Å². The lowest BCUT2D eigenvalue weighted by atomic mass is 10.00. The Morgan fingerprint density at radius 3 is 2.67 bits per heavy atom. The van der Waals surface area contributed by atoms with E-state index in [9.17, 15) is 0 Å². The van der Waals surface area contributed by atoms with Crippen molar-refractivity contribution in [1.29, 1.82) is 0 Å². The second-order valence-electron chi connectivity index (χ2n) is 6.23. The third kappa shape index (κ3) is 2.08. The third-order valence-corrected chi connectivity index (χ3v) is 4.52. The normalized spacial score (nSPS) is 11.1. The molecule has 4 rings (SSSR count). The molecule has 3 heteroatoms. The molecule has 0 N–H and O–H groups in total. The highest BCUT2D eigenvalue weighted by Crippen LogP contribution is 2.38. The molecule has 2 heterocycles. The lowest BCUT2D eigenvalue weighted by Gasteiger charge is -2.06. The van der Waals surface area contributed by atoms with Crippen LogP contribution in [0.4, 0.5) is 5.69 Å². The van der Waals surface area contributed by atoms with E-state index in [2.05, 4.69) is 60.8 Å². The number of pyridine rings is 1. The van der Waals surface area contributed by atoms with E-state index < -0.39 is 0 Å². The number of aryl methyl sites for hydroxylation is 3. The molecule has 0 aliphatic carbocycles. The van der Waals surface area contributed by atoms with Gasteiger partial charge in [0.05, 0.1) is 6.57 Å². The second kappa shape index (κ2) is 5.21. The van der Waals surface area contributed by atoms with E-state index >= 15 is 0 Å². The standard InChI is InChI=1S/C21H17N2O/c1-13-8-9-23(4)18(10-13)15-12-16-20(11-14(15)2)24-19-7-5-6-17(22-3)21(16)19/h5-12H,1-2,4H3/q+1. The second-order valence-corrected chi connectivity index (χ2v) is 6.23. The molecule has 0 unspecified atom stereocenters. The van der Waals surface area contributed by atoms with Crippen LogP contribution in [0.3, 0.4) is 0 Å². The maximum absolute atomic E-state index is 7.44. The fourth-order valence-electron chi connectivity index (χ4n) is 3.27. The number of benzene rings is 2. The number of nitrogens with zero attached hydrogens (tertiary/aromatic N) is 2. The summed E-state index contributed by atoms with van der Waals surface area (Å²) in [5.41, 5.74) is 6.94. The van der Waals surface area contributed by atoms with Crippen molar-refractivity contribution in [3.05, 3.63) is 71.2 Å². The van der Waals surface area contributed by atoms with Gasteiger partial charge in [-0.1, -0.05) is 12.1 Å². The maximum atomic E-state index is 7.44. The van der Waals surface area contributed by atoms with Gasteiger partial charge in [-0.2, -0.15) is 0 Å². The maximum Gasteiger partial charge on any atom is 0.212 e. The first-order chi connectivity index (χ1) is 11.6. The number of furan rings is 1. The zero-order valence-corrected chi connectivity index (χ0v) is 13.9. The molecule has 4 aromatic rings. The predicted octanol–water partition coefficient (Wildman–Crippen LogP) is 5.25. The first-order valence-corrected chi connectivity index (χ1v) is 7.88. The van der Waals surface area contributed by atoms with Crippen molar-refractivity contribution in [2.75, 3.05) is 0 Å². The van der Waals surface area contributed by atoms with Crippen LogP contribution in [0, 0.1) is 20.4 Å². The molecule has 2 aromatic heterocycles. The van der Waals surface area contributed by atoms with Crippen LogP contribution in [0.15, 0.2) is 53.1 Å². The molecule has 0 aliphatic rings. The summed E-state index contributed by atoms with van der Waals surface area (Å²) in [6, 6.07) is 14.1. The zero-order chi connectivity index (χ0) is 16.8. The Hall–Kier alpha value is -3.12. The van der Waals surface area contributed by atoms with Crippen LogP contribution in [0.2, 0.25) is 0 Å². The summed E-state index contributed by atoms with van der Waals surface area (Å²) in [7, 11) is 2.05. The molecule has 0 saturated carbocycles. The van der Waals surface area contributed by atoms with Crippen LogP contribution < -0.4 is 4.57 Å². The summed E-state index contributed by atoms with van der Waals surface area (Å²) in [5, 5.41) is 1.90. The van der Waals surface area contributed by atoms with Gasteiger partial charge in [0.25, 0.3) is 0 Å². The zero-order valence-electron chi connectivity index (χ0n) is 13.9. The minimum Gasteiger partial charge on any atom is -0.457 e. The molecule has 0 fully saturated rings. The van der Waals surface area contributed by atoms with Crippen molar-refractivity contribution in [3.63, 3.8) is 0 Å². The molecular formula is C21H17N2O+. The van der Waals surface area contributed by atoms with Gasteiger partial charge in [0.15, 0.2) is 11.9 Å². The van der Waals surface area contributed by atoms with Gasteiger partial charge in [0, 0.05) is 28.5 Å². The Morgan fingerprint density at radius 2 is 1.88 bits per heavy atom. The fraction of sp³-hybridized carbons (Fsp3) is 0.143. The molecule has 0 saturated heterocycles. The Morgan fingerprint density at radius 1 is 1.04 bits per heavy atom. The van der Waals surface area contributed by atoms with E-state index in [0.29, 0.717) is 5.69 Å². The van der Waals surface area contributed by atoms with Gasteiger partial charge in [-0.3, -0.25) is 0 Å². The van der Waals surface area contributed by atoms with Crippen LogP contribution in [0.1, 0.15) is 11.1 Å². The lowest BCUT2D eigenvalue weighted by molar-refractivity contribution is -0.660. The molecule has 0 atom stereocenters. The molecule has 0 spiro atoms. The minimum absolute atomic E-state index is 0.634. The highest BCUT2D eigenvalue weighted by atomic mass is 16.3. The van der Waals surface area contributed by atoms with E-state index in [1.54, 1.807) is 0 Å². The fourth-order valence-corrected chi connectivity index (χ4v) is 3.27. The average molecular weight is 313 g/mol. The number of hydrogen-bond acceptors (Lipinski definition) is 1. The number of hydrogen-bond donors (Lipinski definition) is 0. The molecule has 3 nitrogen and oxygen atoms in total. The average Bonchev–Trinajstić information content (AvgIpc) is 2.93. The minimum atomic E-state index is 0.634. The van der Waals surface area contributed by atoms with E-state index in [0.717, 1.165) is 38.8 Å². The van der Waals surface area contributed by atoms with Crippen LogP contribution >= 0.6 is 0 Å². The molecule has 0 radical (unpaired) electrons. The number of rotatable bonds is 1. The Kier molecular flexibility index (Phi) is 3.14. The van der Waals surface area contributed by atoms with Gasteiger partial charge in [0.1, 0.15) is 18.2 Å². The van der Waals surface area contributed by atoms with E-state index in [1.165, 1.54) is 5.56 Å². The topological polar surface area (TPSA) is 21.4 Å². The van der Waals surface area contributed by atoms with Crippen LogP contribution in [0.25, 0.3) is 38.0 Å². The van der Waals surface area contributed by atoms with Crippen molar-refractivity contribution in [3.8, 4) is 11.3 Å². The monoisotopic (exact) mass is 313 g/mol. The van der Waals surface area contributed by atoms with E-state index in [-0.39, 0.29) is 0 Å². The molecule has 116 valence electrons. The number of fused-ring (bicyclic) bond motifs is 3. The van der Waals surface area contributed by atoms with Crippen LogP contribution in [-0.4, -0.2) is 0 Å². The van der Waals surface area contributed by atoms with Gasteiger partial charge in [-0.15, -0.1) is 0 Å². The third-order valence-electron chi connectivity index (χ3n) is 4.52. The predicted molar refractivity (Wildman–Crippen MR) is 96.1 cm³/mol. The molecule has 2 aromatic carbocycles. The largest absolute Gasteiger partial charge is 0.457 e. The van der Waals surface area contributed by atoms with Crippen molar-refractivity contribution >= 4 is 27.6 Å². The van der Waals surface area contributed by atoms with Crippen molar-refractivity contribution in [2.24, 2.45) is 7.05 Å². The highest BCUT2D eigenvalue weighted by Gasteiger charge is 2.17. The lowest BCUT2D eigenvalue weighted by Crippen LogP contribution is -2.30. The smallest absolute Gasteiger partial charge is 0.212 e. The summed E-state index contributed by atoms with van der Waals surface area (Å²) in [6.07, 6.45) is 2.08. The first kappa shape index (κ1) is 14.5. The van der Waals surface area contributed by atoms with Gasteiger partial charge in [-0.25, -0.2) is 9.41 Å². The highest BCUT2D eigenvalue weighted by molar-refractivity contribution is 6.12.